The molecule has 1 aliphatic heterocycles. The molecule has 6 nitrogen and oxygen atoms in total. The van der Waals surface area contributed by atoms with Gasteiger partial charge in [-0.1, -0.05) is 41.4 Å². The molecule has 0 spiro atoms. The van der Waals surface area contributed by atoms with Crippen LogP contribution < -0.4 is 15.5 Å². The summed E-state index contributed by atoms with van der Waals surface area (Å²) in [5.41, 5.74) is 2.18. The van der Waals surface area contributed by atoms with Crippen molar-refractivity contribution in [3.05, 3.63) is 88.4 Å². The molecule has 3 aromatic rings. The van der Waals surface area contributed by atoms with E-state index < -0.39 is 5.92 Å². The van der Waals surface area contributed by atoms with Crippen molar-refractivity contribution >= 4 is 58.0 Å². The first-order valence-electron chi connectivity index (χ1n) is 9.93. The van der Waals surface area contributed by atoms with Gasteiger partial charge in [-0.3, -0.25) is 14.4 Å². The van der Waals surface area contributed by atoms with Crippen molar-refractivity contribution in [2.75, 3.05) is 22.1 Å². The molecule has 0 saturated carbocycles. The highest BCUT2D eigenvalue weighted by Gasteiger charge is 2.35. The molecule has 1 aliphatic rings. The average Bonchev–Trinajstić information content (AvgIpc) is 3.18. The molecular weight excluding hydrogens is 449 g/mol. The van der Waals surface area contributed by atoms with Crippen LogP contribution in [0.4, 0.5) is 17.1 Å². The lowest BCUT2D eigenvalue weighted by atomic mass is 10.1. The van der Waals surface area contributed by atoms with E-state index in [1.165, 1.54) is 0 Å². The maximum atomic E-state index is 12.7. The van der Waals surface area contributed by atoms with Gasteiger partial charge in [0.1, 0.15) is 0 Å². The van der Waals surface area contributed by atoms with Gasteiger partial charge in [-0.05, 0) is 54.6 Å². The number of halogens is 2. The molecule has 1 unspecified atom stereocenters. The van der Waals surface area contributed by atoms with Gasteiger partial charge in [0.2, 0.25) is 11.8 Å². The van der Waals surface area contributed by atoms with Crippen LogP contribution in [0.3, 0.4) is 0 Å². The summed E-state index contributed by atoms with van der Waals surface area (Å²) in [7, 11) is 0. The number of nitrogens with one attached hydrogen (secondary N) is 2. The normalized spacial score (nSPS) is 15.5. The van der Waals surface area contributed by atoms with Crippen molar-refractivity contribution in [3.8, 4) is 0 Å². The van der Waals surface area contributed by atoms with Crippen LogP contribution in [-0.2, 0) is 9.59 Å². The molecule has 0 bridgehead atoms. The lowest BCUT2D eigenvalue weighted by Gasteiger charge is -2.16. The van der Waals surface area contributed by atoms with Crippen LogP contribution in [0.1, 0.15) is 16.8 Å². The van der Waals surface area contributed by atoms with Crippen molar-refractivity contribution in [1.82, 2.24) is 0 Å². The Kier molecular flexibility index (Phi) is 6.44. The Labute approximate surface area is 195 Å². The highest BCUT2D eigenvalue weighted by atomic mass is 35.5. The minimum atomic E-state index is -0.447. The summed E-state index contributed by atoms with van der Waals surface area (Å²) < 4.78 is 0. The van der Waals surface area contributed by atoms with Crippen LogP contribution in [0.15, 0.2) is 72.8 Å². The lowest BCUT2D eigenvalue weighted by Crippen LogP contribution is -2.28. The molecule has 4 rings (SSSR count). The fraction of sp³-hybridized carbons (Fsp3) is 0.125. The van der Waals surface area contributed by atoms with Gasteiger partial charge < -0.3 is 15.5 Å². The van der Waals surface area contributed by atoms with Gasteiger partial charge in [0.15, 0.2) is 0 Å². The number of nitrogens with zero attached hydrogens (tertiary/aromatic N) is 1. The standard InChI is InChI=1S/C24H19Cl2N3O3/c25-17-8-11-21(20(26)13-17)28-23(31)15-6-9-18(10-7-15)27-24(32)16-12-22(30)29(14-16)19-4-2-1-3-5-19/h1-11,13,16H,12,14H2,(H,27,32)(H,28,31). The molecule has 3 aromatic carbocycles. The predicted octanol–water partition coefficient (Wildman–Crippen LogP) is 5.24. The third kappa shape index (κ3) is 4.93. The molecule has 8 heteroatoms. The van der Waals surface area contributed by atoms with Crippen LogP contribution in [-0.4, -0.2) is 24.3 Å². The van der Waals surface area contributed by atoms with Crippen molar-refractivity contribution in [2.24, 2.45) is 5.92 Å². The summed E-state index contributed by atoms with van der Waals surface area (Å²) >= 11 is 12.0. The fourth-order valence-electron chi connectivity index (χ4n) is 3.48. The summed E-state index contributed by atoms with van der Waals surface area (Å²) in [5, 5.41) is 6.36. The molecule has 3 amide bonds. The summed E-state index contributed by atoms with van der Waals surface area (Å²) in [6.45, 7) is 0.330. The monoisotopic (exact) mass is 467 g/mol. The highest BCUT2D eigenvalue weighted by molar-refractivity contribution is 6.36. The van der Waals surface area contributed by atoms with Crippen LogP contribution >= 0.6 is 23.2 Å². The van der Waals surface area contributed by atoms with Crippen LogP contribution in [0.5, 0.6) is 0 Å². The first-order chi connectivity index (χ1) is 15.4. The molecule has 32 heavy (non-hydrogen) atoms. The molecule has 2 N–H and O–H groups in total. The SMILES string of the molecule is O=C(Nc1ccc(Cl)cc1Cl)c1ccc(NC(=O)C2CC(=O)N(c3ccccc3)C2)cc1. The lowest BCUT2D eigenvalue weighted by molar-refractivity contribution is -0.122. The Balaban J connectivity index is 1.37. The van der Waals surface area contributed by atoms with Gasteiger partial charge in [-0.25, -0.2) is 0 Å². The second-order valence-electron chi connectivity index (χ2n) is 7.39. The third-order valence-electron chi connectivity index (χ3n) is 5.16. The zero-order chi connectivity index (χ0) is 22.7. The molecule has 162 valence electrons. The predicted molar refractivity (Wildman–Crippen MR) is 126 cm³/mol. The van der Waals surface area contributed by atoms with Crippen LogP contribution in [0.2, 0.25) is 10.0 Å². The van der Waals surface area contributed by atoms with Crippen LogP contribution in [0.25, 0.3) is 0 Å². The van der Waals surface area contributed by atoms with Gasteiger partial charge in [0, 0.05) is 34.9 Å². The van der Waals surface area contributed by atoms with E-state index in [1.807, 2.05) is 30.3 Å². The number of amides is 3. The Hall–Kier alpha value is -3.35. The van der Waals surface area contributed by atoms with Gasteiger partial charge in [0.25, 0.3) is 5.91 Å². The molecule has 1 saturated heterocycles. The Bertz CT molecular complexity index is 1170. The maximum Gasteiger partial charge on any atom is 0.255 e. The molecule has 1 heterocycles. The number of hydrogen-bond acceptors (Lipinski definition) is 3. The van der Waals surface area contributed by atoms with Gasteiger partial charge >= 0.3 is 0 Å². The van der Waals surface area contributed by atoms with Crippen molar-refractivity contribution in [1.29, 1.82) is 0 Å². The molecule has 0 radical (unpaired) electrons. The Morgan fingerprint density at radius 3 is 2.31 bits per heavy atom. The maximum absolute atomic E-state index is 12.7. The van der Waals surface area contributed by atoms with E-state index in [0.717, 1.165) is 5.69 Å². The molecular formula is C24H19Cl2N3O3. The second-order valence-corrected chi connectivity index (χ2v) is 8.23. The first kappa shape index (κ1) is 21.9. The number of rotatable bonds is 5. The molecule has 0 aliphatic carbocycles. The average molecular weight is 468 g/mol. The van der Waals surface area contributed by atoms with E-state index in [2.05, 4.69) is 10.6 Å². The topological polar surface area (TPSA) is 78.5 Å². The Morgan fingerprint density at radius 2 is 1.62 bits per heavy atom. The molecule has 0 aromatic heterocycles. The first-order valence-corrected chi connectivity index (χ1v) is 10.7. The zero-order valence-electron chi connectivity index (χ0n) is 16.8. The van der Waals surface area contributed by atoms with Gasteiger partial charge in [0.05, 0.1) is 16.6 Å². The largest absolute Gasteiger partial charge is 0.326 e. The Morgan fingerprint density at radius 1 is 0.906 bits per heavy atom. The minimum Gasteiger partial charge on any atom is -0.326 e. The van der Waals surface area contributed by atoms with Gasteiger partial charge in [-0.2, -0.15) is 0 Å². The van der Waals surface area contributed by atoms with Crippen molar-refractivity contribution in [3.63, 3.8) is 0 Å². The minimum absolute atomic E-state index is 0.0794. The number of hydrogen-bond donors (Lipinski definition) is 2. The number of para-hydroxylation sites is 1. The third-order valence-corrected chi connectivity index (χ3v) is 5.71. The van der Waals surface area contributed by atoms with E-state index in [4.69, 9.17) is 23.2 Å². The fourth-order valence-corrected chi connectivity index (χ4v) is 3.93. The highest BCUT2D eigenvalue weighted by Crippen LogP contribution is 2.27. The molecule has 1 atom stereocenters. The van der Waals surface area contributed by atoms with E-state index in [9.17, 15) is 14.4 Å². The summed E-state index contributed by atoms with van der Waals surface area (Å²) in [5.74, 6) is -1.10. The van der Waals surface area contributed by atoms with Crippen molar-refractivity contribution in [2.45, 2.75) is 6.42 Å². The quantitative estimate of drug-likeness (QED) is 0.538. The summed E-state index contributed by atoms with van der Waals surface area (Å²) in [6.07, 6.45) is 0.156. The van der Waals surface area contributed by atoms with Crippen molar-refractivity contribution < 1.29 is 14.4 Å². The van der Waals surface area contributed by atoms with E-state index in [1.54, 1.807) is 47.4 Å². The number of benzene rings is 3. The number of carbonyl (C=O) groups excluding carboxylic acids is 3. The van der Waals surface area contributed by atoms with E-state index in [0.29, 0.717) is 33.5 Å². The summed E-state index contributed by atoms with van der Waals surface area (Å²) in [4.78, 5) is 39.1. The number of carbonyl (C=O) groups is 3. The van der Waals surface area contributed by atoms with E-state index in [-0.39, 0.29) is 24.1 Å². The second kappa shape index (κ2) is 9.42. The zero-order valence-corrected chi connectivity index (χ0v) is 18.4. The number of anilines is 3. The summed E-state index contributed by atoms with van der Waals surface area (Å²) in [6, 6.07) is 20.6. The van der Waals surface area contributed by atoms with Gasteiger partial charge in [-0.15, -0.1) is 0 Å². The molecule has 1 fully saturated rings. The smallest absolute Gasteiger partial charge is 0.255 e. The van der Waals surface area contributed by atoms with E-state index >= 15 is 0 Å². The van der Waals surface area contributed by atoms with Crippen LogP contribution in [0, 0.1) is 5.92 Å².